The molecular weight excluding hydrogens is 259 g/mol. The van der Waals surface area contributed by atoms with Crippen molar-refractivity contribution in [2.75, 3.05) is 6.61 Å². The molecule has 2 N–H and O–H groups in total. The van der Waals surface area contributed by atoms with E-state index in [1.807, 2.05) is 6.92 Å². The molecule has 1 aromatic carbocycles. The van der Waals surface area contributed by atoms with Crippen LogP contribution in [-0.2, 0) is 16.0 Å². The van der Waals surface area contributed by atoms with E-state index in [-0.39, 0.29) is 18.4 Å². The lowest BCUT2D eigenvalue weighted by atomic mass is 10.0. The predicted molar refractivity (Wildman–Crippen MR) is 63.9 cm³/mol. The second kappa shape index (κ2) is 7.13. The summed E-state index contributed by atoms with van der Waals surface area (Å²) in [6.07, 6.45) is 0.529. The van der Waals surface area contributed by atoms with Gasteiger partial charge in [0.2, 0.25) is 0 Å². The third-order valence-electron chi connectivity index (χ3n) is 2.47. The van der Waals surface area contributed by atoms with Gasteiger partial charge in [-0.05, 0) is 24.5 Å². The zero-order chi connectivity index (χ0) is 14.4. The largest absolute Gasteiger partial charge is 0.466 e. The van der Waals surface area contributed by atoms with Crippen molar-refractivity contribution in [3.8, 4) is 0 Å². The van der Waals surface area contributed by atoms with E-state index < -0.39 is 29.5 Å². The molecule has 0 saturated carbocycles. The van der Waals surface area contributed by atoms with Gasteiger partial charge in [0.25, 0.3) is 0 Å². The Bertz CT molecular complexity index is 452. The van der Waals surface area contributed by atoms with Crippen LogP contribution in [-0.4, -0.2) is 18.6 Å². The molecule has 0 amide bonds. The van der Waals surface area contributed by atoms with Crippen LogP contribution in [0.5, 0.6) is 0 Å². The van der Waals surface area contributed by atoms with Crippen LogP contribution in [0.15, 0.2) is 12.1 Å². The third kappa shape index (κ3) is 4.90. The normalized spacial score (nSPS) is 12.3. The van der Waals surface area contributed by atoms with Gasteiger partial charge in [0.15, 0.2) is 11.6 Å². The Morgan fingerprint density at radius 2 is 1.89 bits per heavy atom. The molecule has 0 saturated heterocycles. The molecule has 1 atom stereocenters. The Morgan fingerprint density at radius 3 is 2.53 bits per heavy atom. The van der Waals surface area contributed by atoms with Gasteiger partial charge in [-0.15, -0.1) is 0 Å². The third-order valence-corrected chi connectivity index (χ3v) is 2.47. The maximum Gasteiger partial charge on any atom is 0.307 e. The minimum atomic E-state index is -1.25. The predicted octanol–water partition coefficient (Wildman–Crippen LogP) is 2.32. The molecule has 0 bridgehead atoms. The average Bonchev–Trinajstić information content (AvgIpc) is 2.33. The van der Waals surface area contributed by atoms with E-state index in [1.165, 1.54) is 0 Å². The zero-order valence-electron chi connectivity index (χ0n) is 10.6. The van der Waals surface area contributed by atoms with Crippen LogP contribution >= 0.6 is 0 Å². The van der Waals surface area contributed by atoms with Crippen LogP contribution in [0, 0.1) is 17.5 Å². The smallest absolute Gasteiger partial charge is 0.307 e. The highest BCUT2D eigenvalue weighted by Crippen LogP contribution is 2.15. The van der Waals surface area contributed by atoms with Crippen LogP contribution in [0.25, 0.3) is 0 Å². The van der Waals surface area contributed by atoms with Gasteiger partial charge in [-0.2, -0.15) is 0 Å². The van der Waals surface area contributed by atoms with Crippen molar-refractivity contribution in [3.05, 3.63) is 35.1 Å². The highest BCUT2D eigenvalue weighted by atomic mass is 19.2. The number of carbonyl (C=O) groups excluding carboxylic acids is 1. The first-order valence-corrected chi connectivity index (χ1v) is 5.98. The molecule has 0 heterocycles. The first-order chi connectivity index (χ1) is 8.93. The lowest BCUT2D eigenvalue weighted by Crippen LogP contribution is -2.27. The lowest BCUT2D eigenvalue weighted by molar-refractivity contribution is -0.144. The molecule has 0 aliphatic rings. The minimum Gasteiger partial charge on any atom is -0.466 e. The number of rotatable bonds is 6. The van der Waals surface area contributed by atoms with Crippen molar-refractivity contribution in [1.82, 2.24) is 0 Å². The number of carbonyl (C=O) groups is 1. The Kier molecular flexibility index (Phi) is 5.82. The quantitative estimate of drug-likeness (QED) is 0.640. The van der Waals surface area contributed by atoms with Crippen molar-refractivity contribution >= 4 is 5.97 Å². The van der Waals surface area contributed by atoms with Gasteiger partial charge in [-0.25, -0.2) is 13.2 Å². The Morgan fingerprint density at radius 1 is 1.26 bits per heavy atom. The maximum absolute atomic E-state index is 13.4. The van der Waals surface area contributed by atoms with E-state index in [4.69, 9.17) is 10.5 Å². The van der Waals surface area contributed by atoms with E-state index in [9.17, 15) is 18.0 Å². The lowest BCUT2D eigenvalue weighted by Gasteiger charge is -2.12. The van der Waals surface area contributed by atoms with Crippen LogP contribution < -0.4 is 5.73 Å². The molecule has 0 unspecified atom stereocenters. The number of halogens is 3. The zero-order valence-corrected chi connectivity index (χ0v) is 10.6. The molecule has 6 heteroatoms. The summed E-state index contributed by atoms with van der Waals surface area (Å²) in [7, 11) is 0. The summed E-state index contributed by atoms with van der Waals surface area (Å²) >= 11 is 0. The molecule has 1 rings (SSSR count). The number of benzene rings is 1. The first-order valence-electron chi connectivity index (χ1n) is 5.98. The Hall–Kier alpha value is -1.56. The first kappa shape index (κ1) is 15.5. The van der Waals surface area contributed by atoms with Gasteiger partial charge in [0.05, 0.1) is 13.0 Å². The maximum atomic E-state index is 13.4. The van der Waals surface area contributed by atoms with Crippen molar-refractivity contribution in [2.24, 2.45) is 5.73 Å². The Labute approximate surface area is 109 Å². The number of ether oxygens (including phenoxy) is 1. The minimum absolute atomic E-state index is 0.0605. The van der Waals surface area contributed by atoms with Crippen LogP contribution in [0.4, 0.5) is 13.2 Å². The second-order valence-corrected chi connectivity index (χ2v) is 4.25. The molecule has 19 heavy (non-hydrogen) atoms. The van der Waals surface area contributed by atoms with Crippen molar-refractivity contribution < 1.29 is 22.7 Å². The summed E-state index contributed by atoms with van der Waals surface area (Å²) in [6, 6.07) is 0.512. The fourth-order valence-corrected chi connectivity index (χ4v) is 1.56. The molecule has 0 aliphatic carbocycles. The van der Waals surface area contributed by atoms with Gasteiger partial charge < -0.3 is 10.5 Å². The fraction of sp³-hybridized carbons (Fsp3) is 0.462. The molecule has 3 nitrogen and oxygen atoms in total. The molecule has 106 valence electrons. The van der Waals surface area contributed by atoms with Gasteiger partial charge in [0.1, 0.15) is 5.82 Å². The number of nitrogens with two attached hydrogens (primary N) is 1. The molecule has 0 fully saturated rings. The van der Waals surface area contributed by atoms with E-state index >= 15 is 0 Å². The highest BCUT2D eigenvalue weighted by molar-refractivity contribution is 5.70. The number of hydrogen-bond acceptors (Lipinski definition) is 3. The Balaban J connectivity index is 2.59. The average molecular weight is 275 g/mol. The second-order valence-electron chi connectivity index (χ2n) is 4.25. The number of esters is 1. The van der Waals surface area contributed by atoms with E-state index in [2.05, 4.69) is 0 Å². The van der Waals surface area contributed by atoms with Gasteiger partial charge in [0, 0.05) is 12.1 Å². The van der Waals surface area contributed by atoms with Crippen molar-refractivity contribution in [3.63, 3.8) is 0 Å². The standard InChI is InChI=1S/C13H16F3NO2/c1-2-3-19-13(18)6-9(17)4-8-5-11(15)12(16)7-10(8)14/h5,7,9H,2-4,6,17H2,1H3/t9-/m1/s1. The topological polar surface area (TPSA) is 52.3 Å². The molecule has 0 aliphatic heterocycles. The summed E-state index contributed by atoms with van der Waals surface area (Å²) in [5.74, 6) is -3.76. The van der Waals surface area contributed by atoms with E-state index in [0.29, 0.717) is 19.1 Å². The van der Waals surface area contributed by atoms with Gasteiger partial charge in [-0.1, -0.05) is 6.92 Å². The van der Waals surface area contributed by atoms with E-state index in [1.54, 1.807) is 0 Å². The summed E-state index contributed by atoms with van der Waals surface area (Å²) in [6.45, 7) is 2.15. The van der Waals surface area contributed by atoms with Crippen LogP contribution in [0.2, 0.25) is 0 Å². The summed E-state index contributed by atoms with van der Waals surface area (Å²) < 4.78 is 43.9. The summed E-state index contributed by atoms with van der Waals surface area (Å²) in [5.41, 5.74) is 5.59. The van der Waals surface area contributed by atoms with Gasteiger partial charge >= 0.3 is 5.97 Å². The molecular formula is C13H16F3NO2. The number of hydrogen-bond donors (Lipinski definition) is 1. The highest BCUT2D eigenvalue weighted by Gasteiger charge is 2.16. The summed E-state index contributed by atoms with van der Waals surface area (Å²) in [5, 5.41) is 0. The van der Waals surface area contributed by atoms with E-state index in [0.717, 1.165) is 6.07 Å². The SMILES string of the molecule is CCCOC(=O)C[C@H](N)Cc1cc(F)c(F)cc1F. The van der Waals surface area contributed by atoms with Crippen LogP contribution in [0.3, 0.4) is 0 Å². The summed E-state index contributed by atoms with van der Waals surface area (Å²) in [4.78, 5) is 11.3. The van der Waals surface area contributed by atoms with Crippen molar-refractivity contribution in [1.29, 1.82) is 0 Å². The van der Waals surface area contributed by atoms with Crippen LogP contribution in [0.1, 0.15) is 25.3 Å². The monoisotopic (exact) mass is 275 g/mol. The molecule has 0 aromatic heterocycles. The molecule has 1 aromatic rings. The fourth-order valence-electron chi connectivity index (χ4n) is 1.56. The molecule has 0 radical (unpaired) electrons. The van der Waals surface area contributed by atoms with Gasteiger partial charge in [-0.3, -0.25) is 4.79 Å². The van der Waals surface area contributed by atoms with Crippen molar-refractivity contribution in [2.45, 2.75) is 32.2 Å². The molecule has 0 spiro atoms.